The van der Waals surface area contributed by atoms with Gasteiger partial charge in [-0.15, -0.1) is 0 Å². The molecule has 0 saturated heterocycles. The Labute approximate surface area is 232 Å². The molecule has 2 N–H and O–H groups in total. The van der Waals surface area contributed by atoms with Crippen LogP contribution in [0, 0.1) is 5.41 Å². The Morgan fingerprint density at radius 1 is 0.447 bits per heavy atom. The summed E-state index contributed by atoms with van der Waals surface area (Å²) in [5, 5.41) is 19.2. The third kappa shape index (κ3) is 17.0. The lowest BCUT2D eigenvalue weighted by molar-refractivity contribution is -0.165. The van der Waals surface area contributed by atoms with Gasteiger partial charge in [0.15, 0.2) is 17.0 Å². The van der Waals surface area contributed by atoms with Gasteiger partial charge in [0, 0.05) is 12.8 Å². The molecule has 0 atom stereocenters. The maximum atomic E-state index is 13.0. The molecule has 0 fully saturated rings. The second kappa shape index (κ2) is 24.3. The number of hydrogen-bond donors (Lipinski definition) is 2. The van der Waals surface area contributed by atoms with E-state index in [0.29, 0.717) is 12.8 Å². The molecule has 0 unspecified atom stereocenters. The van der Waals surface area contributed by atoms with E-state index >= 15 is 0 Å². The summed E-state index contributed by atoms with van der Waals surface area (Å²) in [5.41, 5.74) is -2.44. The lowest BCUT2D eigenvalue weighted by atomic mass is 9.73. The fraction of sp³-hybridized carbons (Fsp3) is 0.875. The standard InChI is InChI=1S/C32H58O6/c1-3-5-7-9-11-13-15-17-19-21-23-25-28(33)32(31(37)38,27-30(35)36)29(34)26-24-22-20-18-16-14-12-10-8-6-4-2/h3-27H2,1-2H3,(H,35,36)(H,37,38). The van der Waals surface area contributed by atoms with Gasteiger partial charge in [0.05, 0.1) is 6.42 Å². The van der Waals surface area contributed by atoms with Crippen molar-refractivity contribution in [2.45, 2.75) is 174 Å². The minimum absolute atomic E-state index is 0.0550. The average Bonchev–Trinajstić information content (AvgIpc) is 2.88. The van der Waals surface area contributed by atoms with E-state index < -0.39 is 35.3 Å². The molecule has 0 amide bonds. The lowest BCUT2D eigenvalue weighted by Crippen LogP contribution is -2.48. The first-order chi connectivity index (χ1) is 18.3. The molecule has 0 saturated carbocycles. The van der Waals surface area contributed by atoms with Crippen molar-refractivity contribution in [1.29, 1.82) is 0 Å². The number of unbranched alkanes of at least 4 members (excludes halogenated alkanes) is 20. The summed E-state index contributed by atoms with van der Waals surface area (Å²) in [5.74, 6) is -4.51. The number of aliphatic carboxylic acids is 2. The largest absolute Gasteiger partial charge is 0.481 e. The summed E-state index contributed by atoms with van der Waals surface area (Å²) in [7, 11) is 0. The molecule has 0 bridgehead atoms. The predicted octanol–water partition coefficient (Wildman–Crippen LogP) is 9.07. The highest BCUT2D eigenvalue weighted by Crippen LogP contribution is 2.31. The van der Waals surface area contributed by atoms with Crippen LogP contribution in [0.3, 0.4) is 0 Å². The molecule has 0 aliphatic carbocycles. The van der Waals surface area contributed by atoms with Crippen molar-refractivity contribution >= 4 is 23.5 Å². The molecule has 0 aromatic carbocycles. The maximum Gasteiger partial charge on any atom is 0.325 e. The van der Waals surface area contributed by atoms with Crippen LogP contribution >= 0.6 is 0 Å². The van der Waals surface area contributed by atoms with Gasteiger partial charge in [0.2, 0.25) is 0 Å². The first-order valence-corrected chi connectivity index (χ1v) is 15.8. The first-order valence-electron chi connectivity index (χ1n) is 15.8. The van der Waals surface area contributed by atoms with E-state index in [1.54, 1.807) is 0 Å². The van der Waals surface area contributed by atoms with Crippen LogP contribution in [-0.4, -0.2) is 33.7 Å². The average molecular weight is 539 g/mol. The summed E-state index contributed by atoms with van der Waals surface area (Å²) in [6, 6.07) is 0. The Hall–Kier alpha value is -1.72. The number of carboxylic acid groups (broad SMARTS) is 2. The highest BCUT2D eigenvalue weighted by Gasteiger charge is 2.52. The number of carbonyl (C=O) groups excluding carboxylic acids is 2. The van der Waals surface area contributed by atoms with Gasteiger partial charge in [-0.05, 0) is 12.8 Å². The van der Waals surface area contributed by atoms with Crippen molar-refractivity contribution in [3.8, 4) is 0 Å². The summed E-state index contributed by atoms with van der Waals surface area (Å²) >= 11 is 0. The highest BCUT2D eigenvalue weighted by molar-refractivity contribution is 6.23. The number of rotatable bonds is 29. The fourth-order valence-electron chi connectivity index (χ4n) is 5.22. The van der Waals surface area contributed by atoms with Crippen LogP contribution in [0.25, 0.3) is 0 Å². The molecule has 0 aliphatic rings. The van der Waals surface area contributed by atoms with Crippen molar-refractivity contribution in [3.63, 3.8) is 0 Å². The highest BCUT2D eigenvalue weighted by atomic mass is 16.4. The minimum atomic E-state index is -2.44. The van der Waals surface area contributed by atoms with Gasteiger partial charge in [-0.3, -0.25) is 19.2 Å². The number of carboxylic acids is 2. The number of carbonyl (C=O) groups is 4. The zero-order chi connectivity index (χ0) is 28.5. The molecule has 0 aliphatic heterocycles. The van der Waals surface area contributed by atoms with Gasteiger partial charge in [-0.1, -0.05) is 142 Å². The SMILES string of the molecule is CCCCCCCCCCCCCC(=O)C(CC(=O)O)(C(=O)O)C(=O)CCCCCCCCCCCCC. The Morgan fingerprint density at radius 2 is 0.711 bits per heavy atom. The van der Waals surface area contributed by atoms with Crippen molar-refractivity contribution in [3.05, 3.63) is 0 Å². The Balaban J connectivity index is 4.42. The van der Waals surface area contributed by atoms with E-state index in [4.69, 9.17) is 0 Å². The predicted molar refractivity (Wildman–Crippen MR) is 154 cm³/mol. The minimum Gasteiger partial charge on any atom is -0.481 e. The van der Waals surface area contributed by atoms with Crippen LogP contribution in [0.2, 0.25) is 0 Å². The van der Waals surface area contributed by atoms with E-state index in [1.807, 2.05) is 0 Å². The van der Waals surface area contributed by atoms with Gasteiger partial charge >= 0.3 is 11.9 Å². The number of ketones is 2. The van der Waals surface area contributed by atoms with Crippen LogP contribution in [0.4, 0.5) is 0 Å². The topological polar surface area (TPSA) is 109 Å². The van der Waals surface area contributed by atoms with Crippen LogP contribution in [-0.2, 0) is 19.2 Å². The molecule has 0 radical (unpaired) electrons. The van der Waals surface area contributed by atoms with E-state index in [2.05, 4.69) is 13.8 Å². The summed E-state index contributed by atoms with van der Waals surface area (Å²) in [4.78, 5) is 49.6. The lowest BCUT2D eigenvalue weighted by Gasteiger charge is -2.25. The molecule has 6 nitrogen and oxygen atoms in total. The van der Waals surface area contributed by atoms with Crippen molar-refractivity contribution in [1.82, 2.24) is 0 Å². The molecule has 0 spiro atoms. The van der Waals surface area contributed by atoms with Gasteiger partial charge < -0.3 is 10.2 Å². The molecule has 0 rings (SSSR count). The van der Waals surface area contributed by atoms with Gasteiger partial charge in [0.25, 0.3) is 0 Å². The van der Waals surface area contributed by atoms with Crippen molar-refractivity contribution in [2.24, 2.45) is 5.41 Å². The van der Waals surface area contributed by atoms with Gasteiger partial charge in [-0.25, -0.2) is 0 Å². The Kier molecular flexibility index (Phi) is 23.2. The molecular weight excluding hydrogens is 480 g/mol. The van der Waals surface area contributed by atoms with Crippen LogP contribution in [0.5, 0.6) is 0 Å². The maximum absolute atomic E-state index is 13.0. The number of hydrogen-bond acceptors (Lipinski definition) is 4. The van der Waals surface area contributed by atoms with Crippen LogP contribution in [0.15, 0.2) is 0 Å². The zero-order valence-corrected chi connectivity index (χ0v) is 24.7. The monoisotopic (exact) mass is 538 g/mol. The Bertz CT molecular complexity index is 604. The van der Waals surface area contributed by atoms with Gasteiger partial charge in [-0.2, -0.15) is 0 Å². The fourth-order valence-corrected chi connectivity index (χ4v) is 5.22. The van der Waals surface area contributed by atoms with Crippen molar-refractivity contribution < 1.29 is 29.4 Å². The third-order valence-corrected chi connectivity index (χ3v) is 7.75. The quantitative estimate of drug-likeness (QED) is 0.0726. The second-order valence-corrected chi connectivity index (χ2v) is 11.2. The molecule has 0 aromatic rings. The molecule has 0 heterocycles. The van der Waals surface area contributed by atoms with E-state index in [0.717, 1.165) is 51.4 Å². The van der Waals surface area contributed by atoms with Crippen molar-refractivity contribution in [2.75, 3.05) is 0 Å². The molecule has 38 heavy (non-hydrogen) atoms. The molecule has 222 valence electrons. The number of Topliss-reactive ketones (excluding diaryl/α,β-unsaturated/α-hetero) is 2. The van der Waals surface area contributed by atoms with Gasteiger partial charge in [0.1, 0.15) is 0 Å². The third-order valence-electron chi connectivity index (χ3n) is 7.75. The summed E-state index contributed by atoms with van der Waals surface area (Å²) in [6.07, 6.45) is 23.2. The Morgan fingerprint density at radius 3 is 0.947 bits per heavy atom. The van der Waals surface area contributed by atoms with E-state index in [-0.39, 0.29) is 12.8 Å². The molecule has 6 heteroatoms. The molecular formula is C32H58O6. The first kappa shape index (κ1) is 36.3. The van der Waals surface area contributed by atoms with Crippen LogP contribution < -0.4 is 0 Å². The zero-order valence-electron chi connectivity index (χ0n) is 24.7. The summed E-state index contributed by atoms with van der Waals surface area (Å²) in [6.45, 7) is 4.42. The smallest absolute Gasteiger partial charge is 0.325 e. The normalized spacial score (nSPS) is 11.5. The summed E-state index contributed by atoms with van der Waals surface area (Å²) < 4.78 is 0. The van der Waals surface area contributed by atoms with Crippen LogP contribution in [0.1, 0.15) is 174 Å². The molecule has 0 aromatic heterocycles. The van der Waals surface area contributed by atoms with E-state index in [9.17, 15) is 29.4 Å². The van der Waals surface area contributed by atoms with E-state index in [1.165, 1.54) is 77.0 Å². The second-order valence-electron chi connectivity index (χ2n) is 11.2.